The molecule has 2 aromatic carbocycles. The van der Waals surface area contributed by atoms with E-state index in [1.807, 2.05) is 13.8 Å². The van der Waals surface area contributed by atoms with Crippen LogP contribution in [0, 0.1) is 13.8 Å². The van der Waals surface area contributed by atoms with E-state index in [0.29, 0.717) is 63.7 Å². The zero-order valence-electron chi connectivity index (χ0n) is 33.1. The van der Waals surface area contributed by atoms with Gasteiger partial charge >= 0.3 is 0 Å². The van der Waals surface area contributed by atoms with E-state index in [0.717, 1.165) is 0 Å². The Morgan fingerprint density at radius 2 is 1.39 bits per heavy atom. The molecular weight excluding hydrogens is 765 g/mol. The molecule has 0 aliphatic carbocycles. The van der Waals surface area contributed by atoms with Crippen LogP contribution in [0.3, 0.4) is 0 Å². The Kier molecular flexibility index (Phi) is 10.8. The molecule has 7 rings (SSSR count). The number of amides is 5. The van der Waals surface area contributed by atoms with Crippen LogP contribution in [0.2, 0.25) is 0 Å². The smallest absolute Gasteiger partial charge is 0.276 e. The molecule has 0 unspecified atom stereocenters. The van der Waals surface area contributed by atoms with E-state index in [2.05, 4.69) is 25.8 Å². The third-order valence-corrected chi connectivity index (χ3v) is 10.0. The topological polar surface area (TPSA) is 280 Å². The Hall–Kier alpha value is -7.29. The van der Waals surface area contributed by atoms with Gasteiger partial charge in [0.1, 0.15) is 40.5 Å². The highest BCUT2D eigenvalue weighted by molar-refractivity contribution is 6.05. The molecule has 21 nitrogen and oxygen atoms in total. The molecule has 4 aromatic heterocycles. The van der Waals surface area contributed by atoms with Gasteiger partial charge in [0.05, 0.1) is 42.1 Å². The second kappa shape index (κ2) is 15.9. The molecule has 6 aromatic rings. The lowest BCUT2D eigenvalue weighted by molar-refractivity contribution is -0.130. The van der Waals surface area contributed by atoms with E-state index in [4.69, 9.17) is 31.7 Å². The summed E-state index contributed by atoms with van der Waals surface area (Å²) in [4.78, 5) is 76.4. The molecule has 1 aliphatic rings. The van der Waals surface area contributed by atoms with E-state index in [1.165, 1.54) is 36.3 Å². The maximum absolute atomic E-state index is 13.7. The molecule has 308 valence electrons. The van der Waals surface area contributed by atoms with Crippen molar-refractivity contribution in [2.24, 2.45) is 17.2 Å². The third-order valence-electron chi connectivity index (χ3n) is 10.0. The molecule has 59 heavy (non-hydrogen) atoms. The Labute approximate surface area is 336 Å². The first kappa shape index (κ1) is 39.9. The standard InChI is InChI=1S/C38H44N14O7/c1-6-50-26(10-19(3)46-50)35(56)44-37-42-24-12-21(33(40)54)14-28(58-5)31(24)49(37)9-8-48(30(53)16-39)17-23-18-59-29-15-22(34(41)55)13-25-32(29)52(23)38(43-25)45-36(57)27-11-20(4)47-51(27)7-2/h10-15,23H,6-9,16-18,39H2,1-5H3,(H2,40,54)(H2,41,55)(H,42,44,56)(H,43,45,57)/t23-/m0/s1. The molecule has 5 heterocycles. The van der Waals surface area contributed by atoms with Gasteiger partial charge in [-0.15, -0.1) is 0 Å². The fourth-order valence-corrected chi connectivity index (χ4v) is 7.32. The Morgan fingerprint density at radius 1 is 0.831 bits per heavy atom. The van der Waals surface area contributed by atoms with E-state index < -0.39 is 35.6 Å². The number of anilines is 2. The minimum absolute atomic E-state index is 0.00740. The van der Waals surface area contributed by atoms with E-state index in [1.54, 1.807) is 44.5 Å². The SMILES string of the molecule is CCn1nc(C)cc1C(=O)Nc1nc2cc(C(N)=O)cc(OC)c2n1CCN(C[C@H]1COc2cc(C(N)=O)cc3nc(NC(=O)c4cc(C)nn4CC)n1c23)C(=O)CN. The van der Waals surface area contributed by atoms with Gasteiger partial charge in [-0.3, -0.25) is 48.5 Å². The molecule has 21 heteroatoms. The van der Waals surface area contributed by atoms with Crippen molar-refractivity contribution >= 4 is 63.5 Å². The van der Waals surface area contributed by atoms with Crippen molar-refractivity contribution in [2.75, 3.05) is 44.0 Å². The molecule has 0 fully saturated rings. The number of nitrogens with zero attached hydrogens (tertiary/aromatic N) is 9. The van der Waals surface area contributed by atoms with Crippen LogP contribution >= 0.6 is 0 Å². The summed E-state index contributed by atoms with van der Waals surface area (Å²) in [7, 11) is 1.43. The van der Waals surface area contributed by atoms with Crippen LogP contribution in [-0.4, -0.2) is 106 Å². The fourth-order valence-electron chi connectivity index (χ4n) is 7.32. The van der Waals surface area contributed by atoms with E-state index in [9.17, 15) is 24.0 Å². The van der Waals surface area contributed by atoms with Crippen molar-refractivity contribution in [2.45, 2.75) is 53.4 Å². The van der Waals surface area contributed by atoms with Gasteiger partial charge in [0, 0.05) is 43.9 Å². The summed E-state index contributed by atoms with van der Waals surface area (Å²) in [5.74, 6) is -1.94. The third kappa shape index (κ3) is 7.49. The number of primary amides is 2. The van der Waals surface area contributed by atoms with Crippen molar-refractivity contribution < 1.29 is 33.4 Å². The predicted molar refractivity (Wildman–Crippen MR) is 214 cm³/mol. The first-order valence-corrected chi connectivity index (χ1v) is 18.8. The second-order valence-electron chi connectivity index (χ2n) is 13.9. The van der Waals surface area contributed by atoms with Gasteiger partial charge in [0.25, 0.3) is 11.8 Å². The lowest BCUT2D eigenvalue weighted by Gasteiger charge is -2.32. The lowest BCUT2D eigenvalue weighted by Crippen LogP contribution is -2.43. The quantitative estimate of drug-likeness (QED) is 0.0989. The van der Waals surface area contributed by atoms with Gasteiger partial charge in [-0.1, -0.05) is 0 Å². The number of nitrogens with one attached hydrogen (secondary N) is 2. The molecule has 0 bridgehead atoms. The van der Waals surface area contributed by atoms with Crippen LogP contribution in [0.4, 0.5) is 11.9 Å². The Morgan fingerprint density at radius 3 is 1.95 bits per heavy atom. The number of fused-ring (bicyclic) bond motifs is 1. The summed E-state index contributed by atoms with van der Waals surface area (Å²) in [5, 5.41) is 14.5. The molecule has 8 N–H and O–H groups in total. The summed E-state index contributed by atoms with van der Waals surface area (Å²) in [6, 6.07) is 8.67. The number of rotatable bonds is 15. The molecule has 0 saturated carbocycles. The van der Waals surface area contributed by atoms with Gasteiger partial charge in [-0.25, -0.2) is 9.97 Å². The fraction of sp³-hybridized carbons (Fsp3) is 0.342. The molecule has 0 spiro atoms. The number of hydrogen-bond acceptors (Lipinski definition) is 12. The molecule has 0 saturated heterocycles. The maximum atomic E-state index is 13.7. The zero-order valence-corrected chi connectivity index (χ0v) is 33.1. The number of nitrogens with two attached hydrogens (primary N) is 3. The Bertz CT molecular complexity index is 2670. The highest BCUT2D eigenvalue weighted by Gasteiger charge is 2.32. The largest absolute Gasteiger partial charge is 0.494 e. The molecular formula is C38H44N14O7. The lowest BCUT2D eigenvalue weighted by atomic mass is 10.1. The zero-order chi connectivity index (χ0) is 42.3. The first-order chi connectivity index (χ1) is 28.2. The molecule has 1 aliphatic heterocycles. The second-order valence-corrected chi connectivity index (χ2v) is 13.9. The van der Waals surface area contributed by atoms with Gasteiger partial charge < -0.3 is 36.1 Å². The minimum atomic E-state index is -0.704. The van der Waals surface area contributed by atoms with E-state index in [-0.39, 0.29) is 61.6 Å². The van der Waals surface area contributed by atoms with Crippen molar-refractivity contribution in [1.29, 1.82) is 0 Å². The highest BCUT2D eigenvalue weighted by Crippen LogP contribution is 2.38. The number of carbonyl (C=O) groups excluding carboxylic acids is 5. The van der Waals surface area contributed by atoms with Crippen molar-refractivity contribution in [3.05, 3.63) is 70.3 Å². The van der Waals surface area contributed by atoms with Crippen LogP contribution in [0.1, 0.15) is 73.0 Å². The number of hydrogen-bond donors (Lipinski definition) is 5. The van der Waals surface area contributed by atoms with Crippen LogP contribution in [0.5, 0.6) is 11.5 Å². The molecule has 5 amide bonds. The predicted octanol–water partition coefficient (Wildman–Crippen LogP) is 1.57. The number of aromatic nitrogens is 8. The normalized spacial score (nSPS) is 13.4. The van der Waals surface area contributed by atoms with Crippen LogP contribution in [-0.2, 0) is 24.4 Å². The summed E-state index contributed by atoms with van der Waals surface area (Å²) < 4.78 is 18.4. The van der Waals surface area contributed by atoms with Crippen molar-refractivity contribution in [3.63, 3.8) is 0 Å². The molecule has 1 atom stereocenters. The number of carbonyl (C=O) groups is 5. The average molecular weight is 809 g/mol. The van der Waals surface area contributed by atoms with Crippen LogP contribution in [0.25, 0.3) is 22.1 Å². The first-order valence-electron chi connectivity index (χ1n) is 18.8. The van der Waals surface area contributed by atoms with Gasteiger partial charge in [0.2, 0.25) is 29.6 Å². The summed E-state index contributed by atoms with van der Waals surface area (Å²) in [6.07, 6.45) is 0. The monoisotopic (exact) mass is 808 g/mol. The average Bonchev–Trinajstić information content (AvgIpc) is 3.99. The molecule has 0 radical (unpaired) electrons. The number of aryl methyl sites for hydroxylation is 4. The van der Waals surface area contributed by atoms with Crippen molar-refractivity contribution in [1.82, 2.24) is 43.6 Å². The highest BCUT2D eigenvalue weighted by atomic mass is 16.5. The van der Waals surface area contributed by atoms with Gasteiger partial charge in [-0.2, -0.15) is 10.2 Å². The number of benzene rings is 2. The minimum Gasteiger partial charge on any atom is -0.494 e. The van der Waals surface area contributed by atoms with Gasteiger partial charge in [0.15, 0.2) is 0 Å². The maximum Gasteiger partial charge on any atom is 0.276 e. The number of ether oxygens (including phenoxy) is 2. The summed E-state index contributed by atoms with van der Waals surface area (Å²) in [6.45, 7) is 7.98. The Balaban J connectivity index is 1.26. The van der Waals surface area contributed by atoms with Crippen LogP contribution < -0.4 is 37.3 Å². The number of imidazole rings is 2. The van der Waals surface area contributed by atoms with Crippen LogP contribution in [0.15, 0.2) is 36.4 Å². The van der Waals surface area contributed by atoms with E-state index >= 15 is 0 Å². The summed E-state index contributed by atoms with van der Waals surface area (Å²) in [5.41, 5.74) is 21.0. The summed E-state index contributed by atoms with van der Waals surface area (Å²) >= 11 is 0. The van der Waals surface area contributed by atoms with Gasteiger partial charge in [-0.05, 0) is 64.1 Å². The number of methoxy groups -OCH3 is 1. The van der Waals surface area contributed by atoms with Crippen molar-refractivity contribution in [3.8, 4) is 11.5 Å².